The quantitative estimate of drug-likeness (QED) is 0.573. The molecule has 1 amide bonds. The monoisotopic (exact) mass is 385 g/mol. The molecule has 2 heterocycles. The molecule has 4 aromatic rings. The molecule has 7 nitrogen and oxygen atoms in total. The third-order valence-corrected chi connectivity index (χ3v) is 4.43. The van der Waals surface area contributed by atoms with Crippen molar-refractivity contribution >= 4 is 5.91 Å². The van der Waals surface area contributed by atoms with Gasteiger partial charge in [0.2, 0.25) is 5.43 Å². The van der Waals surface area contributed by atoms with E-state index in [1.54, 1.807) is 22.5 Å². The molecule has 7 heteroatoms. The van der Waals surface area contributed by atoms with Gasteiger partial charge in [0.15, 0.2) is 5.69 Å². The Morgan fingerprint density at radius 2 is 1.66 bits per heavy atom. The van der Waals surface area contributed by atoms with E-state index < -0.39 is 11.3 Å². The van der Waals surface area contributed by atoms with Crippen LogP contribution in [-0.2, 0) is 6.54 Å². The first-order valence-electron chi connectivity index (χ1n) is 9.15. The Morgan fingerprint density at radius 3 is 2.34 bits per heavy atom. The number of hydrogen-bond donors (Lipinski definition) is 1. The highest BCUT2D eigenvalue weighted by Crippen LogP contribution is 2.09. The van der Waals surface area contributed by atoms with Gasteiger partial charge in [-0.05, 0) is 31.2 Å². The summed E-state index contributed by atoms with van der Waals surface area (Å²) in [6.07, 6.45) is 3.51. The van der Waals surface area contributed by atoms with Gasteiger partial charge in [-0.3, -0.25) is 9.59 Å². The van der Waals surface area contributed by atoms with E-state index in [2.05, 4.69) is 15.5 Å². The van der Waals surface area contributed by atoms with Crippen molar-refractivity contribution in [1.82, 2.24) is 24.9 Å². The zero-order chi connectivity index (χ0) is 20.2. The Hall–Kier alpha value is -4.00. The number of rotatable bonds is 5. The van der Waals surface area contributed by atoms with Gasteiger partial charge in [-0.1, -0.05) is 36.4 Å². The minimum Gasteiger partial charge on any atom is -0.346 e. The number of aryl methyl sites for hydroxylation is 1. The van der Waals surface area contributed by atoms with Crippen molar-refractivity contribution in [2.45, 2.75) is 13.5 Å². The molecule has 0 spiro atoms. The van der Waals surface area contributed by atoms with Crippen molar-refractivity contribution in [3.8, 4) is 11.4 Å². The molecule has 0 bridgehead atoms. The van der Waals surface area contributed by atoms with Crippen molar-refractivity contribution in [3.63, 3.8) is 0 Å². The average Bonchev–Trinajstić information content (AvgIpc) is 3.22. The fourth-order valence-corrected chi connectivity index (χ4v) is 2.97. The van der Waals surface area contributed by atoms with Gasteiger partial charge in [0, 0.05) is 30.1 Å². The van der Waals surface area contributed by atoms with Gasteiger partial charge < -0.3 is 5.32 Å². The number of carbonyl (C=O) groups is 1. The molecule has 0 radical (unpaired) electrons. The summed E-state index contributed by atoms with van der Waals surface area (Å²) in [6.45, 7) is 2.02. The van der Waals surface area contributed by atoms with Crippen LogP contribution in [0.25, 0.3) is 11.4 Å². The Kier molecular flexibility index (Phi) is 5.03. The van der Waals surface area contributed by atoms with Crippen LogP contribution in [-0.4, -0.2) is 25.5 Å². The smallest absolute Gasteiger partial charge is 0.276 e. The SMILES string of the molecule is Cc1cc(=O)c(C(=O)NCc2cnn(-c3ccccc3)c2)nn1-c1ccccc1. The largest absolute Gasteiger partial charge is 0.346 e. The summed E-state index contributed by atoms with van der Waals surface area (Å²) in [6, 6.07) is 20.5. The lowest BCUT2D eigenvalue weighted by Gasteiger charge is -2.11. The molecule has 0 aliphatic rings. The summed E-state index contributed by atoms with van der Waals surface area (Å²) in [5.41, 5.74) is 2.63. The number of nitrogens with one attached hydrogen (secondary N) is 1. The molecule has 4 rings (SSSR count). The molecule has 2 aromatic heterocycles. The maximum atomic E-state index is 12.6. The molecule has 0 saturated heterocycles. The van der Waals surface area contributed by atoms with Gasteiger partial charge in [0.25, 0.3) is 5.91 Å². The number of aromatic nitrogens is 4. The summed E-state index contributed by atoms with van der Waals surface area (Å²) < 4.78 is 3.32. The lowest BCUT2D eigenvalue weighted by Crippen LogP contribution is -2.31. The first-order chi connectivity index (χ1) is 14.1. The van der Waals surface area contributed by atoms with Crippen LogP contribution in [0.4, 0.5) is 0 Å². The highest BCUT2D eigenvalue weighted by atomic mass is 16.2. The van der Waals surface area contributed by atoms with Gasteiger partial charge in [-0.2, -0.15) is 10.2 Å². The van der Waals surface area contributed by atoms with Crippen LogP contribution < -0.4 is 10.7 Å². The van der Waals surface area contributed by atoms with Crippen LogP contribution in [0.5, 0.6) is 0 Å². The lowest BCUT2D eigenvalue weighted by atomic mass is 10.2. The zero-order valence-corrected chi connectivity index (χ0v) is 15.8. The van der Waals surface area contributed by atoms with Crippen LogP contribution in [0.3, 0.4) is 0 Å². The molecular formula is C22H19N5O2. The van der Waals surface area contributed by atoms with E-state index in [4.69, 9.17) is 0 Å². The van der Waals surface area contributed by atoms with Crippen LogP contribution in [0.1, 0.15) is 21.7 Å². The number of benzene rings is 2. The summed E-state index contributed by atoms with van der Waals surface area (Å²) >= 11 is 0. The Bertz CT molecular complexity index is 1200. The maximum absolute atomic E-state index is 12.6. The number of para-hydroxylation sites is 2. The fourth-order valence-electron chi connectivity index (χ4n) is 2.97. The third-order valence-electron chi connectivity index (χ3n) is 4.43. The van der Waals surface area contributed by atoms with Gasteiger partial charge >= 0.3 is 0 Å². The Balaban J connectivity index is 1.52. The predicted octanol–water partition coefficient (Wildman–Crippen LogP) is 2.66. The number of hydrogen-bond acceptors (Lipinski definition) is 4. The topological polar surface area (TPSA) is 81.8 Å². The normalized spacial score (nSPS) is 10.7. The molecule has 29 heavy (non-hydrogen) atoms. The fraction of sp³-hybridized carbons (Fsp3) is 0.0909. The van der Waals surface area contributed by atoms with Crippen molar-refractivity contribution in [2.75, 3.05) is 0 Å². The van der Waals surface area contributed by atoms with Gasteiger partial charge in [0.05, 0.1) is 17.6 Å². The number of carbonyl (C=O) groups excluding carboxylic acids is 1. The van der Waals surface area contributed by atoms with E-state index in [-0.39, 0.29) is 12.2 Å². The zero-order valence-electron chi connectivity index (χ0n) is 15.8. The predicted molar refractivity (Wildman–Crippen MR) is 109 cm³/mol. The molecule has 0 fully saturated rings. The van der Waals surface area contributed by atoms with E-state index in [0.29, 0.717) is 5.69 Å². The van der Waals surface area contributed by atoms with Crippen molar-refractivity contribution in [3.05, 3.63) is 106 Å². The Morgan fingerprint density at radius 1 is 1.00 bits per heavy atom. The molecule has 144 valence electrons. The average molecular weight is 385 g/mol. The van der Waals surface area contributed by atoms with E-state index >= 15 is 0 Å². The van der Waals surface area contributed by atoms with Gasteiger partial charge in [0.1, 0.15) is 0 Å². The molecule has 2 aromatic carbocycles. The highest BCUT2D eigenvalue weighted by Gasteiger charge is 2.15. The van der Waals surface area contributed by atoms with Crippen molar-refractivity contribution in [2.24, 2.45) is 0 Å². The van der Waals surface area contributed by atoms with Crippen LogP contribution in [0.15, 0.2) is 83.9 Å². The maximum Gasteiger partial charge on any atom is 0.276 e. The summed E-state index contributed by atoms with van der Waals surface area (Å²) in [7, 11) is 0. The minimum atomic E-state index is -0.521. The number of nitrogens with zero attached hydrogens (tertiary/aromatic N) is 4. The summed E-state index contributed by atoms with van der Waals surface area (Å²) in [5, 5.41) is 11.3. The van der Waals surface area contributed by atoms with Gasteiger partial charge in [-0.25, -0.2) is 9.36 Å². The third kappa shape index (κ3) is 3.98. The van der Waals surface area contributed by atoms with Gasteiger partial charge in [-0.15, -0.1) is 0 Å². The molecule has 0 aliphatic carbocycles. The first kappa shape index (κ1) is 18.4. The molecular weight excluding hydrogens is 366 g/mol. The van der Waals surface area contributed by atoms with Crippen molar-refractivity contribution in [1.29, 1.82) is 0 Å². The second-order valence-corrected chi connectivity index (χ2v) is 6.56. The van der Waals surface area contributed by atoms with Crippen molar-refractivity contribution < 1.29 is 4.79 Å². The lowest BCUT2D eigenvalue weighted by molar-refractivity contribution is 0.0943. The van der Waals surface area contributed by atoms with E-state index in [1.165, 1.54) is 6.07 Å². The summed E-state index contributed by atoms with van der Waals surface area (Å²) in [5.74, 6) is -0.521. The summed E-state index contributed by atoms with van der Waals surface area (Å²) in [4.78, 5) is 24.9. The molecule has 1 N–H and O–H groups in total. The second kappa shape index (κ2) is 7.93. The molecule has 0 aliphatic heterocycles. The highest BCUT2D eigenvalue weighted by molar-refractivity contribution is 5.92. The number of amides is 1. The minimum absolute atomic E-state index is 0.144. The second-order valence-electron chi connectivity index (χ2n) is 6.56. The molecule has 0 saturated carbocycles. The van der Waals surface area contributed by atoms with Crippen LogP contribution in [0.2, 0.25) is 0 Å². The van der Waals surface area contributed by atoms with E-state index in [1.807, 2.05) is 66.9 Å². The van der Waals surface area contributed by atoms with E-state index in [0.717, 1.165) is 16.9 Å². The standard InChI is InChI=1S/C22H19N5O2/c1-16-12-20(28)21(25-27(16)19-10-6-3-7-11-19)22(29)23-13-17-14-24-26(15-17)18-8-4-2-5-9-18/h2-12,14-15H,13H2,1H3,(H,23,29). The van der Waals surface area contributed by atoms with E-state index in [9.17, 15) is 9.59 Å². The Labute approximate surface area is 167 Å². The molecule has 0 atom stereocenters. The first-order valence-corrected chi connectivity index (χ1v) is 9.15. The van der Waals surface area contributed by atoms with Crippen LogP contribution >= 0.6 is 0 Å². The molecule has 0 unspecified atom stereocenters. The van der Waals surface area contributed by atoms with Crippen LogP contribution in [0, 0.1) is 6.92 Å².